The maximum Gasteiger partial charge on any atom is 0.156 e. The lowest BCUT2D eigenvalue weighted by atomic mass is 9.50. The molecule has 0 bridgehead atoms. The number of fused-ring (bicyclic) bond motifs is 4. The molecule has 3 nitrogen and oxygen atoms in total. The fourth-order valence-corrected chi connectivity index (χ4v) is 7.86. The third-order valence-electron chi connectivity index (χ3n) is 9.43. The van der Waals surface area contributed by atoms with Gasteiger partial charge >= 0.3 is 0 Å². The van der Waals surface area contributed by atoms with E-state index in [1.807, 2.05) is 24.3 Å². The Morgan fingerprint density at radius 3 is 2.45 bits per heavy atom. The van der Waals surface area contributed by atoms with Crippen LogP contribution >= 0.6 is 0 Å². The number of phenols is 1. The number of rotatable bonds is 2. The Labute approximate surface area is 195 Å². The summed E-state index contributed by atoms with van der Waals surface area (Å²) >= 11 is 0. The summed E-state index contributed by atoms with van der Waals surface area (Å²) in [6.45, 7) is 2.32. The maximum absolute atomic E-state index is 12.3. The lowest BCUT2D eigenvalue weighted by Crippen LogP contribution is -2.50. The van der Waals surface area contributed by atoms with Crippen molar-refractivity contribution in [1.82, 2.24) is 0 Å². The van der Waals surface area contributed by atoms with E-state index < -0.39 is 5.60 Å². The van der Waals surface area contributed by atoms with E-state index in [9.17, 15) is 15.0 Å². The largest absolute Gasteiger partial charge is 0.508 e. The molecular weight excluding hydrogens is 408 g/mol. The second-order valence-corrected chi connectivity index (χ2v) is 10.9. The Morgan fingerprint density at radius 1 is 0.939 bits per heavy atom. The van der Waals surface area contributed by atoms with Crippen LogP contribution in [-0.4, -0.2) is 16.0 Å². The topological polar surface area (TPSA) is 57.5 Å². The number of aromatic hydroxyl groups is 1. The number of phenolic OH excluding ortho intramolecular Hbond substituents is 1. The molecule has 0 aliphatic heterocycles. The van der Waals surface area contributed by atoms with Crippen molar-refractivity contribution >= 4 is 5.78 Å². The van der Waals surface area contributed by atoms with Gasteiger partial charge in [-0.25, -0.2) is 0 Å². The number of carbonyl (C=O) groups excluding carboxylic acids is 1. The van der Waals surface area contributed by atoms with Crippen molar-refractivity contribution in [3.8, 4) is 5.75 Å². The highest BCUT2D eigenvalue weighted by atomic mass is 16.3. The van der Waals surface area contributed by atoms with E-state index in [-0.39, 0.29) is 22.9 Å². The minimum Gasteiger partial charge on any atom is -0.508 e. The molecule has 170 valence electrons. The molecule has 4 aliphatic rings. The summed E-state index contributed by atoms with van der Waals surface area (Å²) in [5.41, 5.74) is 5.35. The van der Waals surface area contributed by atoms with Crippen LogP contribution in [0.25, 0.3) is 0 Å². The number of aliphatic hydroxyl groups is 1. The monoisotopic (exact) mass is 440 g/mol. The van der Waals surface area contributed by atoms with E-state index in [1.54, 1.807) is 12.1 Å². The second-order valence-electron chi connectivity index (χ2n) is 10.9. The van der Waals surface area contributed by atoms with E-state index in [2.05, 4.69) is 31.2 Å². The lowest BCUT2D eigenvalue weighted by Gasteiger charge is -2.55. The van der Waals surface area contributed by atoms with Crippen LogP contribution in [0.15, 0.2) is 77.4 Å². The average Bonchev–Trinajstić information content (AvgIpc) is 3.11. The molecule has 2 fully saturated rings. The highest BCUT2D eigenvalue weighted by Gasteiger charge is 2.63. The Balaban J connectivity index is 1.53. The fraction of sp³-hybridized carbons (Fsp3) is 0.433. The van der Waals surface area contributed by atoms with Gasteiger partial charge in [-0.15, -0.1) is 0 Å². The zero-order valence-corrected chi connectivity index (χ0v) is 19.3. The molecule has 0 heterocycles. The molecule has 0 spiro atoms. The van der Waals surface area contributed by atoms with Gasteiger partial charge in [0.25, 0.3) is 0 Å². The molecule has 0 amide bonds. The van der Waals surface area contributed by atoms with Gasteiger partial charge in [-0.3, -0.25) is 4.79 Å². The molecule has 2 aromatic rings. The summed E-state index contributed by atoms with van der Waals surface area (Å²) in [6.07, 6.45) is 8.07. The third-order valence-corrected chi connectivity index (χ3v) is 9.43. The molecule has 33 heavy (non-hydrogen) atoms. The van der Waals surface area contributed by atoms with Crippen LogP contribution in [0, 0.1) is 17.3 Å². The molecule has 2 N–H and O–H groups in total. The van der Waals surface area contributed by atoms with Crippen molar-refractivity contribution in [2.45, 2.75) is 63.4 Å². The molecule has 5 atom stereocenters. The maximum atomic E-state index is 12.3. The van der Waals surface area contributed by atoms with Crippen LogP contribution in [0.2, 0.25) is 0 Å². The molecule has 0 aromatic heterocycles. The predicted molar refractivity (Wildman–Crippen MR) is 129 cm³/mol. The van der Waals surface area contributed by atoms with Gasteiger partial charge < -0.3 is 10.2 Å². The number of ketones is 1. The lowest BCUT2D eigenvalue weighted by molar-refractivity contribution is -0.114. The molecule has 4 aliphatic carbocycles. The Hall–Kier alpha value is -2.65. The first kappa shape index (κ1) is 20.9. The van der Waals surface area contributed by atoms with Crippen LogP contribution in [0.4, 0.5) is 0 Å². The zero-order chi connectivity index (χ0) is 22.8. The van der Waals surface area contributed by atoms with E-state index in [4.69, 9.17) is 0 Å². The standard InChI is InChI=1S/C30H32O3/c1-29-18-26(19-7-10-22(31)11-8-19)28-24-14-12-23(32)17-20(24)9-13-25(28)27(29)15-16-30(29,33)21-5-3-2-4-6-21/h2-8,10-11,17,25-27,31,33H,9,12-16,18H2,1H3/t25-,26+,27-,29-,30+/m0/s1. The van der Waals surface area contributed by atoms with Crippen molar-refractivity contribution in [1.29, 1.82) is 0 Å². The fourth-order valence-electron chi connectivity index (χ4n) is 7.86. The summed E-state index contributed by atoms with van der Waals surface area (Å²) < 4.78 is 0. The van der Waals surface area contributed by atoms with Crippen LogP contribution in [0.3, 0.4) is 0 Å². The zero-order valence-electron chi connectivity index (χ0n) is 19.3. The molecule has 0 saturated heterocycles. The Kier molecular flexibility index (Phi) is 4.71. The van der Waals surface area contributed by atoms with Crippen molar-refractivity contribution < 1.29 is 15.0 Å². The highest BCUT2D eigenvalue weighted by molar-refractivity contribution is 5.93. The molecule has 3 heteroatoms. The van der Waals surface area contributed by atoms with Crippen LogP contribution in [-0.2, 0) is 10.4 Å². The molecule has 2 saturated carbocycles. The predicted octanol–water partition coefficient (Wildman–Crippen LogP) is 6.18. The SMILES string of the molecule is C[C@]12C[C@H](c3ccc(O)cc3)C3=C4CCC(=O)C=C4CC[C@H]3[C@@H]1CC[C@@]2(O)c1ccccc1. The summed E-state index contributed by atoms with van der Waals surface area (Å²) in [5, 5.41) is 22.2. The van der Waals surface area contributed by atoms with Gasteiger partial charge in [-0.2, -0.15) is 0 Å². The summed E-state index contributed by atoms with van der Waals surface area (Å²) in [7, 11) is 0. The van der Waals surface area contributed by atoms with Gasteiger partial charge in [0.05, 0.1) is 5.60 Å². The van der Waals surface area contributed by atoms with E-state index in [1.165, 1.54) is 22.3 Å². The number of hydrogen-bond acceptors (Lipinski definition) is 3. The Bertz CT molecular complexity index is 1160. The Morgan fingerprint density at radius 2 is 1.70 bits per heavy atom. The molecule has 6 rings (SSSR count). The number of allylic oxidation sites excluding steroid dienone is 4. The summed E-state index contributed by atoms with van der Waals surface area (Å²) in [6, 6.07) is 17.9. The van der Waals surface area contributed by atoms with E-state index in [0.29, 0.717) is 18.3 Å². The minimum atomic E-state index is -0.844. The normalized spacial score (nSPS) is 35.5. The van der Waals surface area contributed by atoms with Crippen LogP contribution in [0.1, 0.15) is 68.9 Å². The molecule has 2 aromatic carbocycles. The van der Waals surface area contributed by atoms with Gasteiger partial charge in [-0.05, 0) is 90.8 Å². The average molecular weight is 441 g/mol. The third kappa shape index (κ3) is 3.01. The van der Waals surface area contributed by atoms with Crippen molar-refractivity contribution in [3.05, 3.63) is 88.5 Å². The number of carbonyl (C=O) groups is 1. The van der Waals surface area contributed by atoms with E-state index >= 15 is 0 Å². The minimum absolute atomic E-state index is 0.192. The first-order chi connectivity index (χ1) is 15.9. The highest BCUT2D eigenvalue weighted by Crippen LogP contribution is 2.69. The van der Waals surface area contributed by atoms with Crippen LogP contribution in [0.5, 0.6) is 5.75 Å². The molecular formula is C30H32O3. The molecule has 0 radical (unpaired) electrons. The smallest absolute Gasteiger partial charge is 0.156 e. The quantitative estimate of drug-likeness (QED) is 0.586. The summed E-state index contributed by atoms with van der Waals surface area (Å²) in [4.78, 5) is 12.2. The molecule has 0 unspecified atom stereocenters. The first-order valence-electron chi connectivity index (χ1n) is 12.4. The van der Waals surface area contributed by atoms with E-state index in [0.717, 1.165) is 44.1 Å². The van der Waals surface area contributed by atoms with Gasteiger partial charge in [0.1, 0.15) is 5.75 Å². The van der Waals surface area contributed by atoms with Crippen LogP contribution < -0.4 is 0 Å². The van der Waals surface area contributed by atoms with Gasteiger partial charge in [0, 0.05) is 17.8 Å². The van der Waals surface area contributed by atoms with Gasteiger partial charge in [0.2, 0.25) is 0 Å². The van der Waals surface area contributed by atoms with Crippen molar-refractivity contribution in [2.24, 2.45) is 17.3 Å². The number of hydrogen-bond donors (Lipinski definition) is 2. The second kappa shape index (κ2) is 7.43. The van der Waals surface area contributed by atoms with Crippen molar-refractivity contribution in [3.63, 3.8) is 0 Å². The van der Waals surface area contributed by atoms with Crippen molar-refractivity contribution in [2.75, 3.05) is 0 Å². The van der Waals surface area contributed by atoms with Gasteiger partial charge in [-0.1, -0.05) is 55.0 Å². The summed E-state index contributed by atoms with van der Waals surface area (Å²) in [5.74, 6) is 1.59. The number of benzene rings is 2. The van der Waals surface area contributed by atoms with Gasteiger partial charge in [0.15, 0.2) is 5.78 Å². The first-order valence-corrected chi connectivity index (χ1v) is 12.4.